The predicted octanol–water partition coefficient (Wildman–Crippen LogP) is 4.36. The van der Waals surface area contributed by atoms with Gasteiger partial charge in [-0.25, -0.2) is 0 Å². The van der Waals surface area contributed by atoms with Crippen LogP contribution in [0.25, 0.3) is 0 Å². The van der Waals surface area contributed by atoms with E-state index >= 15 is 0 Å². The van der Waals surface area contributed by atoms with Crippen molar-refractivity contribution < 1.29 is 18.6 Å². The van der Waals surface area contributed by atoms with Crippen LogP contribution in [0.4, 0.5) is 0 Å². The number of rotatable bonds is 17. The van der Waals surface area contributed by atoms with Gasteiger partial charge in [-0.05, 0) is 32.1 Å². The second kappa shape index (κ2) is 15.9. The molecule has 0 amide bonds. The SMILES string of the molecule is CCCCOC(CCCCO[Si])(OCCCC)OCCCC. The highest BCUT2D eigenvalue weighted by atomic mass is 28.2. The van der Waals surface area contributed by atoms with Crippen molar-refractivity contribution in [2.45, 2.75) is 84.5 Å². The van der Waals surface area contributed by atoms with Gasteiger partial charge in [-0.3, -0.25) is 0 Å². The van der Waals surface area contributed by atoms with Crippen molar-refractivity contribution in [3.8, 4) is 0 Å². The van der Waals surface area contributed by atoms with Gasteiger partial charge < -0.3 is 18.6 Å². The molecule has 22 heavy (non-hydrogen) atoms. The van der Waals surface area contributed by atoms with E-state index in [0.29, 0.717) is 26.4 Å². The maximum atomic E-state index is 6.05. The summed E-state index contributed by atoms with van der Waals surface area (Å²) in [7, 11) is 3.04. The highest BCUT2D eigenvalue weighted by molar-refractivity contribution is 5.97. The molecule has 0 aliphatic rings. The molecule has 131 valence electrons. The van der Waals surface area contributed by atoms with Crippen molar-refractivity contribution in [2.75, 3.05) is 26.4 Å². The van der Waals surface area contributed by atoms with Crippen LogP contribution in [0.5, 0.6) is 0 Å². The molecule has 0 aromatic rings. The Hall–Kier alpha value is 0.0569. The minimum atomic E-state index is -0.870. The van der Waals surface area contributed by atoms with E-state index in [4.69, 9.17) is 18.6 Å². The summed E-state index contributed by atoms with van der Waals surface area (Å²) >= 11 is 0. The zero-order valence-corrected chi connectivity index (χ0v) is 15.8. The lowest BCUT2D eigenvalue weighted by Crippen LogP contribution is -2.40. The normalized spacial score (nSPS) is 12.0. The molecular weight excluding hydrogens is 296 g/mol. The second-order valence-corrected chi connectivity index (χ2v) is 5.88. The fraction of sp³-hybridized carbons (Fsp3) is 1.00. The van der Waals surface area contributed by atoms with Crippen molar-refractivity contribution in [1.82, 2.24) is 0 Å². The lowest BCUT2D eigenvalue weighted by molar-refractivity contribution is -0.384. The van der Waals surface area contributed by atoms with E-state index in [1.807, 2.05) is 0 Å². The maximum absolute atomic E-state index is 6.05. The van der Waals surface area contributed by atoms with Gasteiger partial charge in [-0.1, -0.05) is 40.0 Å². The molecule has 0 saturated heterocycles. The Bertz CT molecular complexity index is 200. The molecule has 3 radical (unpaired) electrons. The van der Waals surface area contributed by atoms with Crippen LogP contribution in [0.3, 0.4) is 0 Å². The molecule has 0 aromatic heterocycles. The van der Waals surface area contributed by atoms with Crippen LogP contribution in [0.2, 0.25) is 0 Å². The van der Waals surface area contributed by atoms with E-state index in [0.717, 1.165) is 57.8 Å². The first-order valence-electron chi connectivity index (χ1n) is 8.95. The summed E-state index contributed by atoms with van der Waals surface area (Å²) < 4.78 is 23.1. The minimum Gasteiger partial charge on any atom is -0.419 e. The first kappa shape index (κ1) is 22.1. The van der Waals surface area contributed by atoms with Crippen molar-refractivity contribution in [1.29, 1.82) is 0 Å². The van der Waals surface area contributed by atoms with Crippen LogP contribution >= 0.6 is 0 Å². The standard InChI is InChI=1S/C17H35O4Si/c1-4-7-13-18-17(19-14-8-5-2,20-15-9-6-3)12-10-11-16-21-22/h4-16H2,1-3H3. The van der Waals surface area contributed by atoms with E-state index in [-0.39, 0.29) is 0 Å². The second-order valence-electron chi connectivity index (χ2n) is 5.59. The van der Waals surface area contributed by atoms with Gasteiger partial charge in [0, 0.05) is 13.0 Å². The molecule has 0 saturated carbocycles. The molecule has 0 unspecified atom stereocenters. The molecule has 5 heteroatoms. The monoisotopic (exact) mass is 331 g/mol. The average Bonchev–Trinajstić information content (AvgIpc) is 2.52. The van der Waals surface area contributed by atoms with E-state index in [1.165, 1.54) is 0 Å². The molecule has 0 heterocycles. The Labute approximate surface area is 140 Å². The number of unbranched alkanes of at least 4 members (excludes halogenated alkanes) is 4. The first-order chi connectivity index (χ1) is 10.7. The molecule has 0 aliphatic carbocycles. The van der Waals surface area contributed by atoms with Gasteiger partial charge in [0.25, 0.3) is 5.97 Å². The highest BCUT2D eigenvalue weighted by Crippen LogP contribution is 2.25. The molecule has 0 fully saturated rings. The molecular formula is C17H35O4Si. The zero-order valence-electron chi connectivity index (χ0n) is 14.8. The van der Waals surface area contributed by atoms with Gasteiger partial charge >= 0.3 is 0 Å². The van der Waals surface area contributed by atoms with Crippen LogP contribution in [0.15, 0.2) is 0 Å². The lowest BCUT2D eigenvalue weighted by atomic mass is 10.2. The molecule has 0 N–H and O–H groups in total. The Kier molecular flexibility index (Phi) is 16.0. The van der Waals surface area contributed by atoms with Crippen LogP contribution in [-0.2, 0) is 18.6 Å². The number of ether oxygens (including phenoxy) is 3. The largest absolute Gasteiger partial charge is 0.419 e. The Morgan fingerprint density at radius 1 is 0.636 bits per heavy atom. The van der Waals surface area contributed by atoms with Gasteiger partial charge in [0.15, 0.2) is 0 Å². The van der Waals surface area contributed by atoms with Crippen LogP contribution in [0.1, 0.15) is 78.6 Å². The molecule has 0 aromatic carbocycles. The molecule has 0 rings (SSSR count). The van der Waals surface area contributed by atoms with Crippen molar-refractivity contribution in [3.05, 3.63) is 0 Å². The number of hydrogen-bond donors (Lipinski definition) is 0. The van der Waals surface area contributed by atoms with Crippen molar-refractivity contribution in [3.63, 3.8) is 0 Å². The summed E-state index contributed by atoms with van der Waals surface area (Å²) in [5.74, 6) is -0.870. The number of hydrogen-bond acceptors (Lipinski definition) is 4. The quantitative estimate of drug-likeness (QED) is 0.225. The Morgan fingerprint density at radius 3 is 1.45 bits per heavy atom. The van der Waals surface area contributed by atoms with Gasteiger partial charge in [-0.2, -0.15) is 0 Å². The Morgan fingerprint density at radius 2 is 1.09 bits per heavy atom. The van der Waals surface area contributed by atoms with Gasteiger partial charge in [0.2, 0.25) is 10.5 Å². The maximum Gasteiger partial charge on any atom is 0.282 e. The molecule has 0 bridgehead atoms. The van der Waals surface area contributed by atoms with E-state index < -0.39 is 5.97 Å². The minimum absolute atomic E-state index is 0.684. The third-order valence-electron chi connectivity index (χ3n) is 3.44. The third kappa shape index (κ3) is 11.6. The van der Waals surface area contributed by atoms with E-state index in [2.05, 4.69) is 31.3 Å². The zero-order chi connectivity index (χ0) is 16.5. The van der Waals surface area contributed by atoms with Crippen molar-refractivity contribution >= 4 is 10.5 Å². The highest BCUT2D eigenvalue weighted by Gasteiger charge is 2.32. The molecule has 4 nitrogen and oxygen atoms in total. The summed E-state index contributed by atoms with van der Waals surface area (Å²) in [4.78, 5) is 0. The first-order valence-corrected chi connectivity index (χ1v) is 9.35. The summed E-state index contributed by atoms with van der Waals surface area (Å²) in [5, 5.41) is 0. The third-order valence-corrected chi connectivity index (χ3v) is 3.64. The summed E-state index contributed by atoms with van der Waals surface area (Å²) in [6, 6.07) is 0. The topological polar surface area (TPSA) is 36.9 Å². The molecule has 0 spiro atoms. The van der Waals surface area contributed by atoms with Gasteiger partial charge in [-0.15, -0.1) is 0 Å². The Balaban J connectivity index is 4.53. The molecule has 0 atom stereocenters. The van der Waals surface area contributed by atoms with Crippen LogP contribution in [-0.4, -0.2) is 42.9 Å². The van der Waals surface area contributed by atoms with Crippen LogP contribution in [0, 0.1) is 0 Å². The fourth-order valence-electron chi connectivity index (χ4n) is 1.97. The van der Waals surface area contributed by atoms with Gasteiger partial charge in [0.1, 0.15) is 0 Å². The lowest BCUT2D eigenvalue weighted by Gasteiger charge is -2.33. The van der Waals surface area contributed by atoms with Crippen LogP contribution < -0.4 is 0 Å². The fourth-order valence-corrected chi connectivity index (χ4v) is 2.12. The molecule has 0 aliphatic heterocycles. The summed E-state index contributed by atoms with van der Waals surface area (Å²) in [6.07, 6.45) is 9.07. The summed E-state index contributed by atoms with van der Waals surface area (Å²) in [6.45, 7) is 9.22. The summed E-state index contributed by atoms with van der Waals surface area (Å²) in [5.41, 5.74) is 0. The van der Waals surface area contributed by atoms with Gasteiger partial charge in [0.05, 0.1) is 19.8 Å². The predicted molar refractivity (Wildman–Crippen MR) is 90.9 cm³/mol. The van der Waals surface area contributed by atoms with E-state index in [9.17, 15) is 0 Å². The smallest absolute Gasteiger partial charge is 0.282 e. The van der Waals surface area contributed by atoms with E-state index in [1.54, 1.807) is 0 Å². The van der Waals surface area contributed by atoms with Crippen molar-refractivity contribution in [2.24, 2.45) is 0 Å². The average molecular weight is 332 g/mol.